The molecule has 0 aliphatic carbocycles. The summed E-state index contributed by atoms with van der Waals surface area (Å²) in [7, 11) is 0. The van der Waals surface area contributed by atoms with E-state index in [1.165, 1.54) is 12.3 Å². The number of benzene rings is 1. The van der Waals surface area contributed by atoms with E-state index in [1.807, 2.05) is 5.43 Å². The molecule has 0 radical (unpaired) electrons. The first-order chi connectivity index (χ1) is 12.0. The fourth-order valence-electron chi connectivity index (χ4n) is 1.83. The Kier molecular flexibility index (Phi) is 6.43. The number of rotatable bonds is 6. The van der Waals surface area contributed by atoms with Crippen LogP contribution in [0.15, 0.2) is 29.6 Å². The number of carbonyl (C=O) groups excluding carboxylic acids is 3. The Balaban J connectivity index is 1.87. The van der Waals surface area contributed by atoms with Crippen molar-refractivity contribution in [3.63, 3.8) is 0 Å². The smallest absolute Gasteiger partial charge is 0.363 e. The third-order valence-corrected chi connectivity index (χ3v) is 3.72. The van der Waals surface area contributed by atoms with Crippen molar-refractivity contribution in [3.05, 3.63) is 40.9 Å². The van der Waals surface area contributed by atoms with Gasteiger partial charge in [-0.15, -0.1) is 11.3 Å². The van der Waals surface area contributed by atoms with Crippen LogP contribution in [0, 0.1) is 0 Å². The lowest BCUT2D eigenvalue weighted by Gasteiger charge is -2.06. The number of nitrogens with two attached hydrogens (primary N) is 1. The number of carbonyl (C=O) groups is 3. The lowest BCUT2D eigenvalue weighted by Crippen LogP contribution is -2.40. The highest BCUT2D eigenvalue weighted by molar-refractivity contribution is 7.14. The lowest BCUT2D eigenvalue weighted by molar-refractivity contribution is -0.114. The molecule has 10 heteroatoms. The van der Waals surface area contributed by atoms with Gasteiger partial charge < -0.3 is 15.4 Å². The molecule has 0 aliphatic heterocycles. The van der Waals surface area contributed by atoms with Crippen molar-refractivity contribution in [2.45, 2.75) is 13.3 Å². The lowest BCUT2D eigenvalue weighted by atomic mass is 10.1. The van der Waals surface area contributed by atoms with Crippen LogP contribution in [0.25, 0.3) is 0 Å². The number of nitrogens with one attached hydrogen (secondary N) is 3. The molecule has 0 fully saturated rings. The summed E-state index contributed by atoms with van der Waals surface area (Å²) >= 11 is 1.14. The first-order valence-electron chi connectivity index (χ1n) is 7.26. The molecule has 1 heterocycles. The number of hydrazine groups is 1. The summed E-state index contributed by atoms with van der Waals surface area (Å²) in [4.78, 5) is 37.9. The summed E-state index contributed by atoms with van der Waals surface area (Å²) in [5.74, 6) is 4.46. The first kappa shape index (κ1) is 18.4. The molecule has 0 aliphatic rings. The van der Waals surface area contributed by atoms with E-state index in [0.29, 0.717) is 23.8 Å². The molecule has 132 valence electrons. The average molecular weight is 363 g/mol. The molecular weight excluding hydrogens is 346 g/mol. The second kappa shape index (κ2) is 8.76. The van der Waals surface area contributed by atoms with Crippen molar-refractivity contribution < 1.29 is 19.1 Å². The van der Waals surface area contributed by atoms with Crippen molar-refractivity contribution in [2.24, 2.45) is 5.84 Å². The number of hydrogen-bond donors (Lipinski definition) is 4. The van der Waals surface area contributed by atoms with Gasteiger partial charge >= 0.3 is 12.0 Å². The minimum Gasteiger partial charge on any atom is -0.422 e. The summed E-state index contributed by atoms with van der Waals surface area (Å²) in [6.45, 7) is 1.78. The summed E-state index contributed by atoms with van der Waals surface area (Å²) < 4.78 is 5.23. The van der Waals surface area contributed by atoms with Crippen LogP contribution in [-0.2, 0) is 11.2 Å². The van der Waals surface area contributed by atoms with Crippen LogP contribution < -0.4 is 26.6 Å². The summed E-state index contributed by atoms with van der Waals surface area (Å²) in [6, 6.07) is 6.42. The van der Waals surface area contributed by atoms with Gasteiger partial charge in [0.25, 0.3) is 0 Å². The fraction of sp³-hybridized carbons (Fsp3) is 0.200. The maximum atomic E-state index is 12.0. The predicted octanol–water partition coefficient (Wildman–Crippen LogP) is 1.04. The van der Waals surface area contributed by atoms with Crippen LogP contribution in [-0.4, -0.2) is 29.4 Å². The normalized spacial score (nSPS) is 10.0. The molecule has 0 spiro atoms. The van der Waals surface area contributed by atoms with E-state index in [9.17, 15) is 14.4 Å². The number of thiazole rings is 1. The number of nitrogens with zero attached hydrogens (tertiary/aromatic N) is 1. The van der Waals surface area contributed by atoms with Gasteiger partial charge in [0.15, 0.2) is 10.8 Å². The molecule has 1 aromatic heterocycles. The molecule has 25 heavy (non-hydrogen) atoms. The maximum Gasteiger partial charge on any atom is 0.363 e. The standard InChI is InChI=1S/C15H17N5O4S/c1-9(21)18-15-19-12(8-25-15)13(22)24-11-4-2-10(3-5-11)6-7-17-14(23)20-16/h2-5,8H,6-7,16H2,1H3,(H2,17,20,23)(H,18,19,21). The summed E-state index contributed by atoms with van der Waals surface area (Å²) in [5, 5.41) is 6.92. The number of urea groups is 1. The van der Waals surface area contributed by atoms with E-state index in [4.69, 9.17) is 10.6 Å². The van der Waals surface area contributed by atoms with Gasteiger partial charge in [0, 0.05) is 18.8 Å². The zero-order chi connectivity index (χ0) is 18.2. The predicted molar refractivity (Wildman–Crippen MR) is 92.2 cm³/mol. The van der Waals surface area contributed by atoms with E-state index < -0.39 is 12.0 Å². The van der Waals surface area contributed by atoms with Crippen molar-refractivity contribution in [2.75, 3.05) is 11.9 Å². The molecule has 9 nitrogen and oxygen atoms in total. The number of ether oxygens (including phenoxy) is 1. The second-order valence-electron chi connectivity index (χ2n) is 4.90. The zero-order valence-corrected chi connectivity index (χ0v) is 14.2. The van der Waals surface area contributed by atoms with Crippen molar-refractivity contribution >= 4 is 34.4 Å². The Morgan fingerprint density at radius 2 is 1.96 bits per heavy atom. The summed E-state index contributed by atoms with van der Waals surface area (Å²) in [5.41, 5.74) is 3.05. The number of esters is 1. The SMILES string of the molecule is CC(=O)Nc1nc(C(=O)Oc2ccc(CCNC(=O)NN)cc2)cs1. The van der Waals surface area contributed by atoms with E-state index in [1.54, 1.807) is 24.3 Å². The molecule has 0 unspecified atom stereocenters. The van der Waals surface area contributed by atoms with Crippen LogP contribution in [0.3, 0.4) is 0 Å². The van der Waals surface area contributed by atoms with Crippen LogP contribution in [0.2, 0.25) is 0 Å². The van der Waals surface area contributed by atoms with Gasteiger partial charge in [-0.3, -0.25) is 10.2 Å². The highest BCUT2D eigenvalue weighted by Gasteiger charge is 2.14. The second-order valence-corrected chi connectivity index (χ2v) is 5.76. The molecule has 2 aromatic rings. The fourth-order valence-corrected chi connectivity index (χ4v) is 2.56. The third-order valence-electron chi connectivity index (χ3n) is 2.96. The molecule has 0 atom stereocenters. The maximum absolute atomic E-state index is 12.0. The molecule has 2 rings (SSSR count). The van der Waals surface area contributed by atoms with E-state index >= 15 is 0 Å². The largest absolute Gasteiger partial charge is 0.422 e. The zero-order valence-electron chi connectivity index (χ0n) is 13.4. The Morgan fingerprint density at radius 1 is 1.24 bits per heavy atom. The Morgan fingerprint density at radius 3 is 2.60 bits per heavy atom. The molecule has 0 bridgehead atoms. The summed E-state index contributed by atoms with van der Waals surface area (Å²) in [6.07, 6.45) is 0.605. The highest BCUT2D eigenvalue weighted by atomic mass is 32.1. The van der Waals surface area contributed by atoms with Crippen LogP contribution >= 0.6 is 11.3 Å². The number of amides is 3. The van der Waals surface area contributed by atoms with Crippen LogP contribution in [0.5, 0.6) is 5.75 Å². The molecule has 0 saturated carbocycles. The van der Waals surface area contributed by atoms with Gasteiger partial charge in [0.1, 0.15) is 5.75 Å². The highest BCUT2D eigenvalue weighted by Crippen LogP contribution is 2.18. The quantitative estimate of drug-likeness (QED) is 0.199. The van der Waals surface area contributed by atoms with Crippen molar-refractivity contribution in [1.29, 1.82) is 0 Å². The van der Waals surface area contributed by atoms with Gasteiger partial charge in [0.05, 0.1) is 0 Å². The van der Waals surface area contributed by atoms with E-state index in [0.717, 1.165) is 16.9 Å². The Labute approximate surface area is 147 Å². The number of anilines is 1. The first-order valence-corrected chi connectivity index (χ1v) is 8.14. The minimum atomic E-state index is -0.609. The molecule has 3 amide bonds. The molecule has 5 N–H and O–H groups in total. The van der Waals surface area contributed by atoms with Crippen molar-refractivity contribution in [1.82, 2.24) is 15.7 Å². The van der Waals surface area contributed by atoms with E-state index in [2.05, 4.69) is 15.6 Å². The Hall–Kier alpha value is -2.98. The van der Waals surface area contributed by atoms with Gasteiger partial charge in [0.2, 0.25) is 5.91 Å². The van der Waals surface area contributed by atoms with Gasteiger partial charge in [-0.25, -0.2) is 20.4 Å². The molecular formula is C15H17N5O4S. The van der Waals surface area contributed by atoms with Gasteiger partial charge in [-0.2, -0.15) is 0 Å². The van der Waals surface area contributed by atoms with E-state index in [-0.39, 0.29) is 11.6 Å². The van der Waals surface area contributed by atoms with Gasteiger partial charge in [-0.05, 0) is 24.1 Å². The van der Waals surface area contributed by atoms with Crippen LogP contribution in [0.1, 0.15) is 23.0 Å². The number of hydrogen-bond acceptors (Lipinski definition) is 7. The third kappa shape index (κ3) is 5.86. The topological polar surface area (TPSA) is 135 Å². The molecule has 1 aromatic carbocycles. The monoisotopic (exact) mass is 363 g/mol. The minimum absolute atomic E-state index is 0.120. The van der Waals surface area contributed by atoms with Gasteiger partial charge in [-0.1, -0.05) is 12.1 Å². The average Bonchev–Trinajstić information content (AvgIpc) is 3.04. The van der Waals surface area contributed by atoms with Crippen molar-refractivity contribution in [3.8, 4) is 5.75 Å². The molecule has 0 saturated heterocycles. The number of aromatic nitrogens is 1. The van der Waals surface area contributed by atoms with Crippen LogP contribution in [0.4, 0.5) is 9.93 Å². The Bertz CT molecular complexity index is 760.